The zero-order valence-electron chi connectivity index (χ0n) is 11.9. The van der Waals surface area contributed by atoms with E-state index in [1.165, 1.54) is 11.3 Å². The average Bonchev–Trinajstić information content (AvgIpc) is 3.06. The lowest BCUT2D eigenvalue weighted by Gasteiger charge is -2.21. The van der Waals surface area contributed by atoms with Crippen molar-refractivity contribution in [2.45, 2.75) is 12.5 Å². The standard InChI is InChI=1S/C17H13N3OS/c1-17(21,14-6-8-19-9-7-14)15-11-20-16(22-15)13-4-2-12(10-18)3-5-13/h2-9,11,21H,1H3. The van der Waals surface area contributed by atoms with E-state index < -0.39 is 5.60 Å². The second-order valence-electron chi connectivity index (χ2n) is 5.03. The molecular weight excluding hydrogens is 294 g/mol. The number of hydrogen-bond donors (Lipinski definition) is 1. The molecule has 0 bridgehead atoms. The highest BCUT2D eigenvalue weighted by molar-refractivity contribution is 7.15. The number of nitrogens with zero attached hydrogens (tertiary/aromatic N) is 3. The van der Waals surface area contributed by atoms with Crippen LogP contribution in [0.3, 0.4) is 0 Å². The Bertz CT molecular complexity index is 817. The third-order valence-corrected chi connectivity index (χ3v) is 4.75. The molecule has 0 saturated heterocycles. The molecule has 0 saturated carbocycles. The molecule has 22 heavy (non-hydrogen) atoms. The van der Waals surface area contributed by atoms with E-state index in [1.807, 2.05) is 12.1 Å². The van der Waals surface area contributed by atoms with E-state index in [0.29, 0.717) is 5.56 Å². The lowest BCUT2D eigenvalue weighted by Crippen LogP contribution is -2.21. The Morgan fingerprint density at radius 1 is 1.14 bits per heavy atom. The van der Waals surface area contributed by atoms with Crippen molar-refractivity contribution < 1.29 is 5.11 Å². The molecule has 1 unspecified atom stereocenters. The molecule has 3 rings (SSSR count). The molecule has 3 aromatic rings. The van der Waals surface area contributed by atoms with Crippen molar-refractivity contribution in [1.29, 1.82) is 5.26 Å². The van der Waals surface area contributed by atoms with Crippen LogP contribution in [0.25, 0.3) is 10.6 Å². The minimum absolute atomic E-state index is 0.615. The maximum atomic E-state index is 10.8. The summed E-state index contributed by atoms with van der Waals surface area (Å²) in [4.78, 5) is 9.13. The van der Waals surface area contributed by atoms with Crippen molar-refractivity contribution in [3.63, 3.8) is 0 Å². The van der Waals surface area contributed by atoms with Crippen molar-refractivity contribution in [2.75, 3.05) is 0 Å². The number of benzene rings is 1. The van der Waals surface area contributed by atoms with Gasteiger partial charge in [-0.25, -0.2) is 4.98 Å². The Balaban J connectivity index is 1.95. The van der Waals surface area contributed by atoms with Crippen molar-refractivity contribution in [3.05, 3.63) is 71.0 Å². The van der Waals surface area contributed by atoms with Crippen LogP contribution in [0.4, 0.5) is 0 Å². The number of aliphatic hydroxyl groups is 1. The monoisotopic (exact) mass is 307 g/mol. The van der Waals surface area contributed by atoms with Gasteiger partial charge in [0.1, 0.15) is 10.6 Å². The van der Waals surface area contributed by atoms with E-state index in [1.54, 1.807) is 49.8 Å². The predicted octanol–water partition coefficient (Wildman–Crippen LogP) is 3.33. The van der Waals surface area contributed by atoms with Gasteiger partial charge in [-0.1, -0.05) is 12.1 Å². The summed E-state index contributed by atoms with van der Waals surface area (Å²) in [5.74, 6) is 0. The number of hydrogen-bond acceptors (Lipinski definition) is 5. The molecule has 0 aliphatic rings. The lowest BCUT2D eigenvalue weighted by molar-refractivity contribution is 0.106. The van der Waals surface area contributed by atoms with Crippen LogP contribution in [0.15, 0.2) is 55.0 Å². The van der Waals surface area contributed by atoms with Gasteiger partial charge in [0.15, 0.2) is 0 Å². The number of nitriles is 1. The normalized spacial score (nSPS) is 13.3. The fourth-order valence-corrected chi connectivity index (χ4v) is 3.13. The van der Waals surface area contributed by atoms with Crippen LogP contribution in [0.5, 0.6) is 0 Å². The predicted molar refractivity (Wildman–Crippen MR) is 85.2 cm³/mol. The van der Waals surface area contributed by atoms with Crippen molar-refractivity contribution in [2.24, 2.45) is 0 Å². The summed E-state index contributed by atoms with van der Waals surface area (Å²) < 4.78 is 0. The van der Waals surface area contributed by atoms with Gasteiger partial charge in [-0.2, -0.15) is 5.26 Å². The van der Waals surface area contributed by atoms with Gasteiger partial charge in [-0.3, -0.25) is 4.98 Å². The highest BCUT2D eigenvalue weighted by Gasteiger charge is 2.28. The van der Waals surface area contributed by atoms with Gasteiger partial charge in [-0.15, -0.1) is 11.3 Å². The first kappa shape index (κ1) is 14.4. The molecular formula is C17H13N3OS. The van der Waals surface area contributed by atoms with Gasteiger partial charge >= 0.3 is 0 Å². The molecule has 0 aliphatic carbocycles. The summed E-state index contributed by atoms with van der Waals surface area (Å²) >= 11 is 1.44. The van der Waals surface area contributed by atoms with Crippen molar-refractivity contribution in [3.8, 4) is 16.6 Å². The number of thiazole rings is 1. The highest BCUT2D eigenvalue weighted by Crippen LogP contribution is 2.35. The van der Waals surface area contributed by atoms with Gasteiger partial charge in [0.25, 0.3) is 0 Å². The van der Waals surface area contributed by atoms with Crippen molar-refractivity contribution in [1.82, 2.24) is 9.97 Å². The summed E-state index contributed by atoms with van der Waals surface area (Å²) in [7, 11) is 0. The Hall–Kier alpha value is -2.55. The summed E-state index contributed by atoms with van der Waals surface area (Å²) in [5.41, 5.74) is 1.22. The molecule has 0 spiro atoms. The van der Waals surface area contributed by atoms with Crippen LogP contribution in [-0.4, -0.2) is 15.1 Å². The minimum atomic E-state index is -1.11. The molecule has 0 amide bonds. The summed E-state index contributed by atoms with van der Waals surface area (Å²) in [6.45, 7) is 1.75. The quantitative estimate of drug-likeness (QED) is 0.805. The molecule has 0 fully saturated rings. The zero-order chi connectivity index (χ0) is 15.6. The van der Waals surface area contributed by atoms with Crippen LogP contribution in [0, 0.1) is 11.3 Å². The van der Waals surface area contributed by atoms with Gasteiger partial charge < -0.3 is 5.11 Å². The Morgan fingerprint density at radius 2 is 1.82 bits per heavy atom. The molecule has 4 nitrogen and oxygen atoms in total. The fraction of sp³-hybridized carbons (Fsp3) is 0.118. The molecule has 1 atom stereocenters. The number of rotatable bonds is 3. The van der Waals surface area contributed by atoms with E-state index in [0.717, 1.165) is 21.0 Å². The molecule has 0 aliphatic heterocycles. The topological polar surface area (TPSA) is 69.8 Å². The van der Waals surface area contributed by atoms with Gasteiger partial charge in [0.2, 0.25) is 0 Å². The second-order valence-corrected chi connectivity index (χ2v) is 6.06. The maximum absolute atomic E-state index is 10.8. The van der Waals surface area contributed by atoms with Crippen LogP contribution in [0.1, 0.15) is 22.9 Å². The van der Waals surface area contributed by atoms with E-state index in [2.05, 4.69) is 16.0 Å². The Morgan fingerprint density at radius 3 is 2.45 bits per heavy atom. The molecule has 1 aromatic carbocycles. The first-order valence-corrected chi connectivity index (χ1v) is 7.52. The van der Waals surface area contributed by atoms with Crippen LogP contribution < -0.4 is 0 Å². The smallest absolute Gasteiger partial charge is 0.123 e. The van der Waals surface area contributed by atoms with Crippen LogP contribution in [-0.2, 0) is 5.60 Å². The van der Waals surface area contributed by atoms with E-state index >= 15 is 0 Å². The highest BCUT2D eigenvalue weighted by atomic mass is 32.1. The molecule has 2 heterocycles. The molecule has 0 radical (unpaired) electrons. The van der Waals surface area contributed by atoms with Gasteiger partial charge in [-0.05, 0) is 36.8 Å². The van der Waals surface area contributed by atoms with Gasteiger partial charge in [0, 0.05) is 24.2 Å². The van der Waals surface area contributed by atoms with Crippen LogP contribution in [0.2, 0.25) is 0 Å². The Kier molecular flexibility index (Phi) is 3.72. The largest absolute Gasteiger partial charge is 0.380 e. The summed E-state index contributed by atoms with van der Waals surface area (Å²) in [6, 6.07) is 12.9. The fourth-order valence-electron chi connectivity index (χ4n) is 2.14. The molecule has 5 heteroatoms. The maximum Gasteiger partial charge on any atom is 0.123 e. The van der Waals surface area contributed by atoms with E-state index in [9.17, 15) is 5.11 Å². The van der Waals surface area contributed by atoms with Crippen molar-refractivity contribution >= 4 is 11.3 Å². The molecule has 2 aromatic heterocycles. The lowest BCUT2D eigenvalue weighted by atomic mass is 9.96. The average molecular weight is 307 g/mol. The summed E-state index contributed by atoms with van der Waals surface area (Å²) in [6.07, 6.45) is 5.01. The Labute approximate surface area is 132 Å². The first-order chi connectivity index (χ1) is 10.6. The van der Waals surface area contributed by atoms with Gasteiger partial charge in [0.05, 0.1) is 16.5 Å². The number of aromatic nitrogens is 2. The first-order valence-electron chi connectivity index (χ1n) is 6.71. The number of pyridine rings is 1. The minimum Gasteiger partial charge on any atom is -0.380 e. The van der Waals surface area contributed by atoms with E-state index in [-0.39, 0.29) is 0 Å². The third kappa shape index (κ3) is 2.62. The summed E-state index contributed by atoms with van der Waals surface area (Å²) in [5, 5.41) is 20.4. The van der Waals surface area contributed by atoms with E-state index in [4.69, 9.17) is 5.26 Å². The molecule has 108 valence electrons. The second kappa shape index (κ2) is 5.68. The zero-order valence-corrected chi connectivity index (χ0v) is 12.7. The molecule has 1 N–H and O–H groups in total. The SMILES string of the molecule is CC(O)(c1ccncc1)c1cnc(-c2ccc(C#N)cc2)s1. The third-order valence-electron chi connectivity index (χ3n) is 3.49. The van der Waals surface area contributed by atoms with Crippen LogP contribution >= 0.6 is 11.3 Å².